The van der Waals surface area contributed by atoms with Gasteiger partial charge in [0.25, 0.3) is 0 Å². The Morgan fingerprint density at radius 2 is 1.92 bits per heavy atom. The Kier molecular flexibility index (Phi) is 5.24. The van der Waals surface area contributed by atoms with Gasteiger partial charge in [-0.25, -0.2) is 8.42 Å². The van der Waals surface area contributed by atoms with Crippen LogP contribution in [0.3, 0.4) is 0 Å². The molecule has 0 radical (unpaired) electrons. The number of rotatable bonds is 5. The van der Waals surface area contributed by atoms with Gasteiger partial charge >= 0.3 is 0 Å². The minimum Gasteiger partial charge on any atom is -0.338 e. The number of sulfonamides is 1. The highest BCUT2D eigenvalue weighted by atomic mass is 79.9. The molecule has 1 aromatic heterocycles. The minimum absolute atomic E-state index is 0.0358. The second kappa shape index (κ2) is 7.25. The average Bonchev–Trinajstić information content (AvgIpc) is 3.04. The molecule has 25 heavy (non-hydrogen) atoms. The molecule has 2 aromatic carbocycles. The van der Waals surface area contributed by atoms with Gasteiger partial charge < -0.3 is 4.52 Å². The lowest BCUT2D eigenvalue weighted by atomic mass is 10.2. The van der Waals surface area contributed by atoms with E-state index in [2.05, 4.69) is 26.1 Å². The Morgan fingerprint density at radius 1 is 1.20 bits per heavy atom. The van der Waals surface area contributed by atoms with Gasteiger partial charge in [0.05, 0.1) is 11.4 Å². The highest BCUT2D eigenvalue weighted by Crippen LogP contribution is 2.22. The first-order valence-corrected chi connectivity index (χ1v) is 9.78. The average molecular weight is 443 g/mol. The largest absolute Gasteiger partial charge is 0.338 e. The molecule has 0 saturated carbocycles. The molecule has 130 valence electrons. The van der Waals surface area contributed by atoms with Crippen LogP contribution in [0.15, 0.2) is 62.4 Å². The van der Waals surface area contributed by atoms with Crippen LogP contribution in [0, 0.1) is 0 Å². The molecular weight excluding hydrogens is 430 g/mol. The van der Waals surface area contributed by atoms with Crippen LogP contribution in [0.25, 0.3) is 11.4 Å². The monoisotopic (exact) mass is 441 g/mol. The number of nitrogens with zero attached hydrogens (tertiary/aromatic N) is 3. The lowest BCUT2D eigenvalue weighted by Gasteiger charge is -2.15. The normalized spacial score (nSPS) is 11.8. The van der Waals surface area contributed by atoms with Crippen LogP contribution in [0.2, 0.25) is 5.02 Å². The van der Waals surface area contributed by atoms with Crippen molar-refractivity contribution >= 4 is 37.6 Å². The van der Waals surface area contributed by atoms with Crippen LogP contribution in [-0.2, 0) is 16.6 Å². The second-order valence-corrected chi connectivity index (χ2v) is 8.63. The van der Waals surface area contributed by atoms with Crippen molar-refractivity contribution in [2.45, 2.75) is 11.4 Å². The van der Waals surface area contributed by atoms with Crippen LogP contribution in [-0.4, -0.2) is 29.9 Å². The van der Waals surface area contributed by atoms with Gasteiger partial charge in [0, 0.05) is 22.1 Å². The first kappa shape index (κ1) is 18.1. The summed E-state index contributed by atoms with van der Waals surface area (Å²) in [6.45, 7) is -0.0358. The van der Waals surface area contributed by atoms with Crippen LogP contribution in [0.1, 0.15) is 5.89 Å². The quantitative estimate of drug-likeness (QED) is 0.597. The fourth-order valence-corrected chi connectivity index (χ4v) is 3.70. The minimum atomic E-state index is -3.65. The predicted molar refractivity (Wildman–Crippen MR) is 97.5 cm³/mol. The Morgan fingerprint density at radius 3 is 2.60 bits per heavy atom. The molecule has 0 aliphatic heterocycles. The molecule has 0 amide bonds. The molecule has 0 aliphatic carbocycles. The topological polar surface area (TPSA) is 76.3 Å². The van der Waals surface area contributed by atoms with E-state index in [-0.39, 0.29) is 17.3 Å². The van der Waals surface area contributed by atoms with E-state index in [0.29, 0.717) is 16.4 Å². The van der Waals surface area contributed by atoms with E-state index < -0.39 is 10.0 Å². The molecule has 0 atom stereocenters. The number of benzene rings is 2. The number of halogens is 2. The van der Waals surface area contributed by atoms with Gasteiger partial charge in [0.2, 0.25) is 21.7 Å². The fraction of sp³-hybridized carbons (Fsp3) is 0.125. The lowest BCUT2D eigenvalue weighted by Crippen LogP contribution is -2.26. The fourth-order valence-electron chi connectivity index (χ4n) is 2.13. The van der Waals surface area contributed by atoms with Crippen molar-refractivity contribution in [1.29, 1.82) is 0 Å². The first-order chi connectivity index (χ1) is 11.9. The van der Waals surface area contributed by atoms with E-state index in [0.717, 1.165) is 8.78 Å². The Bertz CT molecular complexity index is 990. The van der Waals surface area contributed by atoms with Gasteiger partial charge in [0.15, 0.2) is 0 Å². The third-order valence-corrected chi connectivity index (χ3v) is 6.01. The van der Waals surface area contributed by atoms with Crippen molar-refractivity contribution in [3.63, 3.8) is 0 Å². The maximum atomic E-state index is 12.6. The maximum Gasteiger partial charge on any atom is 0.243 e. The van der Waals surface area contributed by atoms with Crippen LogP contribution >= 0.6 is 27.5 Å². The maximum absolute atomic E-state index is 12.6. The molecule has 0 saturated heterocycles. The smallest absolute Gasteiger partial charge is 0.243 e. The summed E-state index contributed by atoms with van der Waals surface area (Å²) in [6, 6.07) is 13.4. The number of hydrogen-bond acceptors (Lipinski definition) is 5. The van der Waals surface area contributed by atoms with E-state index in [1.54, 1.807) is 36.4 Å². The molecule has 6 nitrogen and oxygen atoms in total. The molecule has 0 fully saturated rings. The van der Waals surface area contributed by atoms with E-state index in [1.807, 2.05) is 0 Å². The lowest BCUT2D eigenvalue weighted by molar-refractivity contribution is 0.337. The Hall–Kier alpha value is -1.74. The predicted octanol–water partition coefficient (Wildman–Crippen LogP) is 3.97. The van der Waals surface area contributed by atoms with Gasteiger partial charge in [-0.1, -0.05) is 44.8 Å². The second-order valence-electron chi connectivity index (χ2n) is 5.24. The molecular formula is C16H13BrClN3O3S. The molecule has 9 heteroatoms. The SMILES string of the molecule is CN(Cc1nc(-c2cccc(Cl)c2)no1)S(=O)(=O)c1ccc(Br)cc1. The molecule has 0 N–H and O–H groups in total. The highest BCUT2D eigenvalue weighted by molar-refractivity contribution is 9.10. The number of aromatic nitrogens is 2. The summed E-state index contributed by atoms with van der Waals surface area (Å²) in [4.78, 5) is 4.42. The van der Waals surface area contributed by atoms with Crippen molar-refractivity contribution in [2.75, 3.05) is 7.05 Å². The van der Waals surface area contributed by atoms with Crippen LogP contribution < -0.4 is 0 Å². The van der Waals surface area contributed by atoms with Crippen molar-refractivity contribution < 1.29 is 12.9 Å². The summed E-state index contributed by atoms with van der Waals surface area (Å²) in [7, 11) is -2.19. The highest BCUT2D eigenvalue weighted by Gasteiger charge is 2.23. The summed E-state index contributed by atoms with van der Waals surface area (Å²) in [5.41, 5.74) is 0.695. The summed E-state index contributed by atoms with van der Waals surface area (Å²) < 4.78 is 32.3. The van der Waals surface area contributed by atoms with Crippen molar-refractivity contribution in [1.82, 2.24) is 14.4 Å². The Labute approximate surface area is 158 Å². The van der Waals surface area contributed by atoms with E-state index in [9.17, 15) is 8.42 Å². The van der Waals surface area contributed by atoms with Gasteiger partial charge in [-0.3, -0.25) is 0 Å². The van der Waals surface area contributed by atoms with Gasteiger partial charge in [-0.2, -0.15) is 9.29 Å². The van der Waals surface area contributed by atoms with Crippen molar-refractivity contribution in [3.8, 4) is 11.4 Å². The molecule has 0 spiro atoms. The zero-order chi connectivity index (χ0) is 18.0. The molecule has 0 bridgehead atoms. The molecule has 3 rings (SSSR count). The standard InChI is InChI=1S/C16H13BrClN3O3S/c1-21(25(22,23)14-7-5-12(17)6-8-14)10-15-19-16(20-24-15)11-3-2-4-13(18)9-11/h2-9H,10H2,1H3. The molecule has 0 unspecified atom stereocenters. The van der Waals surface area contributed by atoms with Crippen molar-refractivity contribution in [3.05, 3.63) is 63.9 Å². The summed E-state index contributed by atoms with van der Waals surface area (Å²) >= 11 is 9.23. The van der Waals surface area contributed by atoms with Crippen LogP contribution in [0.5, 0.6) is 0 Å². The van der Waals surface area contributed by atoms with Gasteiger partial charge in [0.1, 0.15) is 0 Å². The third kappa shape index (κ3) is 4.09. The van der Waals surface area contributed by atoms with Gasteiger partial charge in [-0.05, 0) is 36.4 Å². The Balaban J connectivity index is 1.79. The zero-order valence-electron chi connectivity index (χ0n) is 13.1. The third-order valence-electron chi connectivity index (χ3n) is 3.43. The molecule has 0 aliphatic rings. The van der Waals surface area contributed by atoms with E-state index in [4.69, 9.17) is 16.1 Å². The first-order valence-electron chi connectivity index (χ1n) is 7.17. The molecule has 1 heterocycles. The van der Waals surface area contributed by atoms with Gasteiger partial charge in [-0.15, -0.1) is 0 Å². The summed E-state index contributed by atoms with van der Waals surface area (Å²) in [5.74, 6) is 0.546. The van der Waals surface area contributed by atoms with E-state index >= 15 is 0 Å². The molecule has 3 aromatic rings. The van der Waals surface area contributed by atoms with Crippen LogP contribution in [0.4, 0.5) is 0 Å². The zero-order valence-corrected chi connectivity index (χ0v) is 16.2. The number of hydrogen-bond donors (Lipinski definition) is 0. The van der Waals surface area contributed by atoms with Crippen molar-refractivity contribution in [2.24, 2.45) is 0 Å². The van der Waals surface area contributed by atoms with E-state index in [1.165, 1.54) is 19.2 Å². The summed E-state index contributed by atoms with van der Waals surface area (Å²) in [5, 5.41) is 4.43. The summed E-state index contributed by atoms with van der Waals surface area (Å²) in [6.07, 6.45) is 0.